The van der Waals surface area contributed by atoms with Crippen molar-refractivity contribution >= 4 is 5.97 Å². The zero-order chi connectivity index (χ0) is 19.9. The number of rotatable bonds is 4. The van der Waals surface area contributed by atoms with Gasteiger partial charge in [0.15, 0.2) is 0 Å². The topological polar surface area (TPSA) is 26.3 Å². The van der Waals surface area contributed by atoms with E-state index in [1.54, 1.807) is 13.0 Å². The molecule has 3 nitrogen and oxygen atoms in total. The fraction of sp³-hybridized carbons (Fsp3) is 0.458. The van der Waals surface area contributed by atoms with Gasteiger partial charge < -0.3 is 9.22 Å². The van der Waals surface area contributed by atoms with E-state index in [0.29, 0.717) is 23.2 Å². The summed E-state index contributed by atoms with van der Waals surface area (Å²) in [5.41, 5.74) is 2.05. The van der Waals surface area contributed by atoms with Gasteiger partial charge in [0.1, 0.15) is 11.9 Å². The Bertz CT molecular complexity index is 848. The van der Waals surface area contributed by atoms with E-state index in [1.165, 1.54) is 18.9 Å². The van der Waals surface area contributed by atoms with Gasteiger partial charge in [-0.15, -0.1) is 0 Å². The number of fused-ring (bicyclic) bond motifs is 2. The van der Waals surface area contributed by atoms with Gasteiger partial charge in [0.25, 0.3) is 0 Å². The van der Waals surface area contributed by atoms with Gasteiger partial charge in [-0.05, 0) is 24.1 Å². The van der Waals surface area contributed by atoms with Crippen LogP contribution in [0.2, 0.25) is 0 Å². The molecule has 0 amide bonds. The van der Waals surface area contributed by atoms with Crippen LogP contribution in [0.15, 0.2) is 48.5 Å². The van der Waals surface area contributed by atoms with E-state index in [0.717, 1.165) is 22.9 Å². The molecule has 0 N–H and O–H groups in total. The first kappa shape index (κ1) is 19.1. The molecule has 4 heteroatoms. The van der Waals surface area contributed by atoms with E-state index in [9.17, 15) is 9.18 Å². The molecule has 2 aromatic rings. The van der Waals surface area contributed by atoms with E-state index in [-0.39, 0.29) is 17.9 Å². The standard InChI is InChI=1S/C24H29FNO2/c1-16(18-9-12-22(23(25)13-18)17-7-5-4-6-8-17)24(27)28-21-14-19-10-11-20(15-21)26(19,2)3/h4-9,12-13,16,19-21H,10-11,14-15H2,1-3H3/q+1. The first-order valence-electron chi connectivity index (χ1n) is 10.2. The maximum Gasteiger partial charge on any atom is 0.313 e. The van der Waals surface area contributed by atoms with Gasteiger partial charge in [0, 0.05) is 31.2 Å². The third-order valence-electron chi connectivity index (χ3n) is 7.00. The van der Waals surface area contributed by atoms with Crippen LogP contribution in [0, 0.1) is 5.82 Å². The molecule has 2 saturated heterocycles. The van der Waals surface area contributed by atoms with Crippen LogP contribution in [0.1, 0.15) is 44.1 Å². The highest BCUT2D eigenvalue weighted by Gasteiger charge is 2.50. The Hall–Kier alpha value is -2.20. The summed E-state index contributed by atoms with van der Waals surface area (Å²) in [6.45, 7) is 1.80. The number of esters is 1. The molecule has 2 heterocycles. The summed E-state index contributed by atoms with van der Waals surface area (Å²) in [7, 11) is 4.58. The fourth-order valence-electron chi connectivity index (χ4n) is 4.98. The summed E-state index contributed by atoms with van der Waals surface area (Å²) in [5.74, 6) is -1.03. The van der Waals surface area contributed by atoms with Crippen LogP contribution in [-0.2, 0) is 9.53 Å². The highest BCUT2D eigenvalue weighted by Crippen LogP contribution is 2.41. The number of nitrogens with zero attached hydrogens (tertiary/aromatic N) is 1. The normalized spacial score (nSPS) is 26.6. The molecule has 3 unspecified atom stereocenters. The van der Waals surface area contributed by atoms with Crippen LogP contribution in [0.25, 0.3) is 11.1 Å². The molecule has 0 spiro atoms. The Labute approximate surface area is 166 Å². The van der Waals surface area contributed by atoms with Crippen molar-refractivity contribution in [1.29, 1.82) is 0 Å². The Morgan fingerprint density at radius 2 is 1.71 bits per heavy atom. The quantitative estimate of drug-likeness (QED) is 0.555. The fourth-order valence-corrected chi connectivity index (χ4v) is 4.98. The summed E-state index contributed by atoms with van der Waals surface area (Å²) in [5, 5.41) is 0. The number of hydrogen-bond donors (Lipinski definition) is 0. The van der Waals surface area contributed by atoms with Crippen molar-refractivity contribution < 1.29 is 18.4 Å². The van der Waals surface area contributed by atoms with Gasteiger partial charge in [-0.1, -0.05) is 42.5 Å². The second-order valence-electron chi connectivity index (χ2n) is 8.87. The lowest BCUT2D eigenvalue weighted by molar-refractivity contribution is -0.931. The van der Waals surface area contributed by atoms with Gasteiger partial charge in [-0.25, -0.2) is 4.39 Å². The van der Waals surface area contributed by atoms with Gasteiger partial charge in [0.2, 0.25) is 0 Å². The number of piperidine rings is 1. The Balaban J connectivity index is 1.44. The third-order valence-corrected chi connectivity index (χ3v) is 7.00. The van der Waals surface area contributed by atoms with Crippen LogP contribution >= 0.6 is 0 Å². The molecule has 2 aromatic carbocycles. The van der Waals surface area contributed by atoms with E-state index in [2.05, 4.69) is 14.1 Å². The third kappa shape index (κ3) is 3.46. The lowest BCUT2D eigenvalue weighted by Gasteiger charge is -2.44. The maximum atomic E-state index is 14.7. The van der Waals surface area contributed by atoms with Crippen molar-refractivity contribution in [3.05, 3.63) is 59.9 Å². The molecule has 3 atom stereocenters. The molecule has 28 heavy (non-hydrogen) atoms. The lowest BCUT2D eigenvalue weighted by atomic mass is 9.95. The molecular weight excluding hydrogens is 353 g/mol. The van der Waals surface area contributed by atoms with E-state index in [4.69, 9.17) is 4.74 Å². The molecule has 148 valence electrons. The van der Waals surface area contributed by atoms with Crippen LogP contribution in [0.5, 0.6) is 0 Å². The number of quaternary nitrogens is 1. The first-order chi connectivity index (χ1) is 13.4. The van der Waals surface area contributed by atoms with Gasteiger partial charge >= 0.3 is 5.97 Å². The van der Waals surface area contributed by atoms with Crippen molar-refractivity contribution in [2.24, 2.45) is 0 Å². The van der Waals surface area contributed by atoms with Gasteiger partial charge in [-0.2, -0.15) is 0 Å². The average Bonchev–Trinajstić information content (AvgIpc) is 2.85. The number of halogens is 1. The molecule has 4 rings (SSSR count). The molecule has 0 radical (unpaired) electrons. The number of carbonyl (C=O) groups is 1. The van der Waals surface area contributed by atoms with Crippen molar-refractivity contribution in [1.82, 2.24) is 0 Å². The zero-order valence-electron chi connectivity index (χ0n) is 16.9. The molecular formula is C24H29FNO2+. The minimum Gasteiger partial charge on any atom is -0.461 e. The average molecular weight is 382 g/mol. The highest BCUT2D eigenvalue weighted by molar-refractivity contribution is 5.78. The summed E-state index contributed by atoms with van der Waals surface area (Å²) >= 11 is 0. The number of ether oxygens (including phenoxy) is 1. The van der Waals surface area contributed by atoms with Crippen LogP contribution in [0.4, 0.5) is 4.39 Å². The predicted octanol–water partition coefficient (Wildman–Crippen LogP) is 4.91. The number of carbonyl (C=O) groups excluding carboxylic acids is 1. The second-order valence-corrected chi connectivity index (χ2v) is 8.87. The Kier molecular flexibility index (Phi) is 5.00. The van der Waals surface area contributed by atoms with Crippen LogP contribution in [-0.4, -0.2) is 42.7 Å². The smallest absolute Gasteiger partial charge is 0.313 e. The van der Waals surface area contributed by atoms with Crippen molar-refractivity contribution in [3.8, 4) is 11.1 Å². The molecule has 0 aromatic heterocycles. The molecule has 2 fully saturated rings. The lowest BCUT2D eigenvalue weighted by Crippen LogP contribution is -2.56. The predicted molar refractivity (Wildman–Crippen MR) is 108 cm³/mol. The zero-order valence-corrected chi connectivity index (χ0v) is 16.9. The summed E-state index contributed by atoms with van der Waals surface area (Å²) in [6.07, 6.45) is 4.29. The van der Waals surface area contributed by atoms with Crippen LogP contribution < -0.4 is 0 Å². The van der Waals surface area contributed by atoms with Crippen molar-refractivity contribution in [3.63, 3.8) is 0 Å². The highest BCUT2D eigenvalue weighted by atomic mass is 19.1. The molecule has 2 aliphatic rings. The minimum atomic E-state index is -0.471. The minimum absolute atomic E-state index is 0.00737. The molecule has 2 bridgehead atoms. The summed E-state index contributed by atoms with van der Waals surface area (Å²) < 4.78 is 21.6. The monoisotopic (exact) mass is 382 g/mol. The second kappa shape index (κ2) is 7.32. The molecule has 0 aliphatic carbocycles. The van der Waals surface area contributed by atoms with Gasteiger partial charge in [-0.3, -0.25) is 4.79 Å². The Morgan fingerprint density at radius 1 is 1.07 bits per heavy atom. The molecule has 2 aliphatic heterocycles. The number of benzene rings is 2. The van der Waals surface area contributed by atoms with Crippen molar-refractivity contribution in [2.45, 2.75) is 56.7 Å². The Morgan fingerprint density at radius 3 is 2.32 bits per heavy atom. The van der Waals surface area contributed by atoms with E-state index < -0.39 is 5.92 Å². The first-order valence-corrected chi connectivity index (χ1v) is 10.2. The number of hydrogen-bond acceptors (Lipinski definition) is 2. The van der Waals surface area contributed by atoms with Gasteiger partial charge in [0.05, 0.1) is 32.1 Å². The van der Waals surface area contributed by atoms with Crippen LogP contribution in [0.3, 0.4) is 0 Å². The maximum absolute atomic E-state index is 14.7. The summed E-state index contributed by atoms with van der Waals surface area (Å²) in [6, 6.07) is 15.7. The summed E-state index contributed by atoms with van der Waals surface area (Å²) in [4.78, 5) is 12.7. The molecule has 0 saturated carbocycles. The van der Waals surface area contributed by atoms with E-state index >= 15 is 0 Å². The SMILES string of the molecule is CC(C(=O)OC1CC2CCC(C1)[N+]2(C)C)c1ccc(-c2ccccc2)c(F)c1. The largest absolute Gasteiger partial charge is 0.461 e. The van der Waals surface area contributed by atoms with Crippen molar-refractivity contribution in [2.75, 3.05) is 14.1 Å². The van der Waals surface area contributed by atoms with E-state index in [1.807, 2.05) is 36.4 Å².